The van der Waals surface area contributed by atoms with Crippen LogP contribution >= 0.6 is 0 Å². The quantitative estimate of drug-likeness (QED) is 0.848. The van der Waals surface area contributed by atoms with E-state index in [1.54, 1.807) is 7.11 Å². The van der Waals surface area contributed by atoms with E-state index in [4.69, 9.17) is 14.3 Å². The second-order valence-electron chi connectivity index (χ2n) is 4.36. The van der Waals surface area contributed by atoms with Crippen LogP contribution < -0.4 is 10.1 Å². The van der Waals surface area contributed by atoms with Crippen LogP contribution in [0, 0.1) is 0 Å². The molecule has 0 bridgehead atoms. The Morgan fingerprint density at radius 2 is 2.00 bits per heavy atom. The number of hydrogen-bond acceptors (Lipinski definition) is 4. The van der Waals surface area contributed by atoms with Crippen molar-refractivity contribution in [1.82, 2.24) is 5.32 Å². The van der Waals surface area contributed by atoms with Crippen molar-refractivity contribution in [3.63, 3.8) is 0 Å². The number of carbonyl (C=O) groups excluding carboxylic acids is 1. The molecule has 6 heteroatoms. The largest absolute Gasteiger partial charge is 0.497 e. The molecule has 0 aliphatic carbocycles. The minimum atomic E-state index is -1.13. The lowest BCUT2D eigenvalue weighted by molar-refractivity contribution is 0.0696. The lowest BCUT2D eigenvalue weighted by Crippen LogP contribution is -2.25. The first-order valence-electron chi connectivity index (χ1n) is 6.33. The van der Waals surface area contributed by atoms with E-state index in [-0.39, 0.29) is 11.3 Å². The minimum absolute atomic E-state index is 0.0119. The Labute approximate surface area is 121 Å². The molecule has 0 atom stereocenters. The number of carboxylic acid groups (broad SMARTS) is 1. The number of furan rings is 1. The highest BCUT2D eigenvalue weighted by atomic mass is 16.5. The van der Waals surface area contributed by atoms with E-state index < -0.39 is 11.9 Å². The summed E-state index contributed by atoms with van der Waals surface area (Å²) in [5, 5.41) is 11.4. The monoisotopic (exact) mass is 289 g/mol. The smallest absolute Gasteiger partial charge is 0.338 e. The summed E-state index contributed by atoms with van der Waals surface area (Å²) in [4.78, 5) is 22.4. The predicted molar refractivity (Wildman–Crippen MR) is 74.7 cm³/mol. The lowest BCUT2D eigenvalue weighted by Gasteiger charge is -2.04. The molecule has 1 amide bonds. The highest BCUT2D eigenvalue weighted by Gasteiger charge is 2.13. The van der Waals surface area contributed by atoms with Crippen LogP contribution in [0.3, 0.4) is 0 Å². The minimum Gasteiger partial charge on any atom is -0.497 e. The van der Waals surface area contributed by atoms with Gasteiger partial charge in [0.1, 0.15) is 12.0 Å². The second kappa shape index (κ2) is 6.60. The summed E-state index contributed by atoms with van der Waals surface area (Å²) in [5.41, 5.74) is 1.01. The van der Waals surface area contributed by atoms with Gasteiger partial charge in [0.25, 0.3) is 5.91 Å². The van der Waals surface area contributed by atoms with Gasteiger partial charge in [-0.05, 0) is 24.1 Å². The molecule has 2 N–H and O–H groups in total. The first-order chi connectivity index (χ1) is 10.1. The first kappa shape index (κ1) is 14.6. The highest BCUT2D eigenvalue weighted by Crippen LogP contribution is 2.11. The number of methoxy groups -OCH3 is 1. The van der Waals surface area contributed by atoms with Gasteiger partial charge >= 0.3 is 5.97 Å². The molecule has 2 aromatic rings. The third kappa shape index (κ3) is 3.85. The predicted octanol–water partition coefficient (Wildman–Crippen LogP) is 1.96. The fourth-order valence-corrected chi connectivity index (χ4v) is 1.77. The van der Waals surface area contributed by atoms with E-state index in [1.165, 1.54) is 6.07 Å². The second-order valence-corrected chi connectivity index (χ2v) is 4.36. The third-order valence-corrected chi connectivity index (χ3v) is 2.93. The van der Waals surface area contributed by atoms with E-state index in [1.807, 2.05) is 24.3 Å². The van der Waals surface area contributed by atoms with Crippen LogP contribution in [0.4, 0.5) is 0 Å². The van der Waals surface area contributed by atoms with Gasteiger partial charge in [-0.25, -0.2) is 4.79 Å². The fraction of sp³-hybridized carbons (Fsp3) is 0.200. The average Bonchev–Trinajstić information content (AvgIpc) is 2.98. The van der Waals surface area contributed by atoms with Crippen LogP contribution in [0.5, 0.6) is 5.75 Å². The van der Waals surface area contributed by atoms with Crippen molar-refractivity contribution in [3.8, 4) is 5.75 Å². The number of nitrogens with one attached hydrogen (secondary N) is 1. The SMILES string of the molecule is COc1ccc(CCNC(=O)c2cc(C(=O)O)co2)cc1. The van der Waals surface area contributed by atoms with Gasteiger partial charge in [-0.1, -0.05) is 12.1 Å². The Morgan fingerprint density at radius 3 is 2.57 bits per heavy atom. The van der Waals surface area contributed by atoms with Crippen molar-refractivity contribution in [2.75, 3.05) is 13.7 Å². The molecule has 1 aromatic heterocycles. The average molecular weight is 289 g/mol. The van der Waals surface area contributed by atoms with E-state index in [0.29, 0.717) is 13.0 Å². The molecule has 2 rings (SSSR count). The summed E-state index contributed by atoms with van der Waals surface area (Å²) in [6.45, 7) is 0.425. The Kier molecular flexibility index (Phi) is 4.61. The summed E-state index contributed by atoms with van der Waals surface area (Å²) < 4.78 is 9.97. The highest BCUT2D eigenvalue weighted by molar-refractivity contribution is 5.95. The van der Waals surface area contributed by atoms with Gasteiger partial charge in [-0.2, -0.15) is 0 Å². The van der Waals surface area contributed by atoms with Gasteiger partial charge in [0, 0.05) is 12.6 Å². The topological polar surface area (TPSA) is 88.8 Å². The maximum atomic E-state index is 11.8. The van der Waals surface area contributed by atoms with Crippen molar-refractivity contribution in [1.29, 1.82) is 0 Å². The van der Waals surface area contributed by atoms with Crippen molar-refractivity contribution >= 4 is 11.9 Å². The fourth-order valence-electron chi connectivity index (χ4n) is 1.77. The van der Waals surface area contributed by atoms with E-state index in [2.05, 4.69) is 5.32 Å². The molecule has 0 fully saturated rings. The van der Waals surface area contributed by atoms with Crippen LogP contribution in [0.2, 0.25) is 0 Å². The molecule has 0 saturated carbocycles. The maximum absolute atomic E-state index is 11.8. The standard InChI is InChI=1S/C15H15NO5/c1-20-12-4-2-10(3-5-12)6-7-16-14(17)13-8-11(9-21-13)15(18)19/h2-5,8-9H,6-7H2,1H3,(H,16,17)(H,18,19). The molecule has 1 aromatic carbocycles. The summed E-state index contributed by atoms with van der Waals surface area (Å²) in [6, 6.07) is 8.73. The molecule has 0 radical (unpaired) electrons. The van der Waals surface area contributed by atoms with Crippen LogP contribution in [0.1, 0.15) is 26.5 Å². The molecule has 0 spiro atoms. The lowest BCUT2D eigenvalue weighted by atomic mass is 10.1. The third-order valence-electron chi connectivity index (χ3n) is 2.93. The number of carboxylic acids is 1. The number of amides is 1. The summed E-state index contributed by atoms with van der Waals surface area (Å²) in [7, 11) is 1.60. The van der Waals surface area contributed by atoms with E-state index in [0.717, 1.165) is 17.6 Å². The van der Waals surface area contributed by atoms with E-state index >= 15 is 0 Å². The molecule has 1 heterocycles. The zero-order valence-corrected chi connectivity index (χ0v) is 11.5. The summed E-state index contributed by atoms with van der Waals surface area (Å²) >= 11 is 0. The normalized spacial score (nSPS) is 10.1. The molecule has 0 aliphatic heterocycles. The van der Waals surface area contributed by atoms with Crippen molar-refractivity contribution in [2.24, 2.45) is 0 Å². The number of ether oxygens (including phenoxy) is 1. The number of benzene rings is 1. The molecule has 21 heavy (non-hydrogen) atoms. The van der Waals surface area contributed by atoms with Crippen LogP contribution in [-0.2, 0) is 6.42 Å². The molecule has 0 unspecified atom stereocenters. The van der Waals surface area contributed by atoms with Gasteiger partial charge in [0.15, 0.2) is 5.76 Å². The number of rotatable bonds is 6. The summed E-state index contributed by atoms with van der Waals surface area (Å²) in [6.07, 6.45) is 1.70. The van der Waals surface area contributed by atoms with Gasteiger partial charge < -0.3 is 19.6 Å². The zero-order chi connectivity index (χ0) is 15.2. The van der Waals surface area contributed by atoms with Crippen LogP contribution in [0.25, 0.3) is 0 Å². The Morgan fingerprint density at radius 1 is 1.29 bits per heavy atom. The van der Waals surface area contributed by atoms with Crippen molar-refractivity contribution < 1.29 is 23.8 Å². The van der Waals surface area contributed by atoms with Gasteiger partial charge in [0.05, 0.1) is 12.7 Å². The molecule has 0 saturated heterocycles. The van der Waals surface area contributed by atoms with Crippen LogP contribution in [0.15, 0.2) is 41.0 Å². The Balaban J connectivity index is 1.84. The number of carbonyl (C=O) groups is 2. The van der Waals surface area contributed by atoms with Gasteiger partial charge in [0.2, 0.25) is 0 Å². The van der Waals surface area contributed by atoms with Crippen LogP contribution in [-0.4, -0.2) is 30.6 Å². The molecule has 110 valence electrons. The van der Waals surface area contributed by atoms with Crippen molar-refractivity contribution in [3.05, 3.63) is 53.5 Å². The number of hydrogen-bond donors (Lipinski definition) is 2. The van der Waals surface area contributed by atoms with Gasteiger partial charge in [-0.15, -0.1) is 0 Å². The Bertz CT molecular complexity index is 630. The molecular formula is C15H15NO5. The molecular weight excluding hydrogens is 274 g/mol. The number of aromatic carboxylic acids is 1. The zero-order valence-electron chi connectivity index (χ0n) is 11.5. The van der Waals surface area contributed by atoms with Gasteiger partial charge in [-0.3, -0.25) is 4.79 Å². The van der Waals surface area contributed by atoms with Crippen molar-refractivity contribution in [2.45, 2.75) is 6.42 Å². The first-order valence-corrected chi connectivity index (χ1v) is 6.33. The summed E-state index contributed by atoms with van der Waals surface area (Å²) in [5.74, 6) is -0.797. The maximum Gasteiger partial charge on any atom is 0.338 e. The Hall–Kier alpha value is -2.76. The molecule has 6 nitrogen and oxygen atoms in total. The molecule has 0 aliphatic rings. The van der Waals surface area contributed by atoms with E-state index in [9.17, 15) is 9.59 Å².